The Morgan fingerprint density at radius 2 is 1.67 bits per heavy atom. The first kappa shape index (κ1) is 30.4. The van der Waals surface area contributed by atoms with Gasteiger partial charge in [0.25, 0.3) is 0 Å². The predicted octanol–water partition coefficient (Wildman–Crippen LogP) is 3.81. The van der Waals surface area contributed by atoms with Gasteiger partial charge in [0.15, 0.2) is 0 Å². The van der Waals surface area contributed by atoms with Crippen LogP contribution in [-0.4, -0.2) is 61.9 Å². The molecule has 43 heavy (non-hydrogen) atoms. The van der Waals surface area contributed by atoms with Crippen LogP contribution in [-0.2, 0) is 16.1 Å². The Bertz CT molecular complexity index is 1370. The number of hydrogen-bond donors (Lipinski definition) is 3. The molecule has 3 saturated heterocycles. The van der Waals surface area contributed by atoms with Crippen LogP contribution >= 0.6 is 0 Å². The molecule has 1 unspecified atom stereocenters. The van der Waals surface area contributed by atoms with Gasteiger partial charge in [-0.3, -0.25) is 14.5 Å². The average Bonchev–Trinajstić information content (AvgIpc) is 3.00. The van der Waals surface area contributed by atoms with Crippen LogP contribution in [0.15, 0.2) is 78.9 Å². The number of amides is 2. The maximum atomic E-state index is 13.3. The number of halogens is 3. The van der Waals surface area contributed by atoms with Gasteiger partial charge in [0.1, 0.15) is 11.5 Å². The minimum atomic E-state index is -4.83. The highest BCUT2D eigenvalue weighted by atomic mass is 19.4. The molecule has 0 saturated carbocycles. The summed E-state index contributed by atoms with van der Waals surface area (Å²) < 4.78 is 48.6. The molecule has 8 nitrogen and oxygen atoms in total. The lowest BCUT2D eigenvalue weighted by atomic mass is 9.66. The Labute approximate surface area is 248 Å². The van der Waals surface area contributed by atoms with E-state index in [4.69, 9.17) is 10.5 Å². The molecule has 3 aromatic carbocycles. The maximum absolute atomic E-state index is 13.3. The van der Waals surface area contributed by atoms with Gasteiger partial charge in [-0.15, -0.1) is 13.2 Å². The zero-order chi connectivity index (χ0) is 30.6. The second-order valence-corrected chi connectivity index (χ2v) is 11.0. The van der Waals surface area contributed by atoms with Crippen molar-refractivity contribution in [1.29, 1.82) is 0 Å². The minimum Gasteiger partial charge on any atom is -0.496 e. The predicted molar refractivity (Wildman–Crippen MR) is 154 cm³/mol. The first-order valence-electron chi connectivity index (χ1n) is 14.2. The number of methoxy groups -OCH3 is 1. The van der Waals surface area contributed by atoms with Gasteiger partial charge in [-0.05, 0) is 48.2 Å². The normalized spacial score (nSPS) is 23.1. The van der Waals surface area contributed by atoms with Gasteiger partial charge in [0.05, 0.1) is 19.6 Å². The number of benzene rings is 3. The number of alkyl halides is 3. The van der Waals surface area contributed by atoms with Crippen LogP contribution in [0, 0.1) is 11.8 Å². The minimum absolute atomic E-state index is 0.0564. The Morgan fingerprint density at radius 3 is 2.26 bits per heavy atom. The van der Waals surface area contributed by atoms with Gasteiger partial charge < -0.3 is 25.8 Å². The Hall–Kier alpha value is -4.09. The van der Waals surface area contributed by atoms with Crippen LogP contribution in [0.3, 0.4) is 0 Å². The van der Waals surface area contributed by atoms with Crippen LogP contribution in [0.2, 0.25) is 0 Å². The zero-order valence-corrected chi connectivity index (χ0v) is 23.7. The van der Waals surface area contributed by atoms with Crippen LogP contribution in [0.1, 0.15) is 29.0 Å². The van der Waals surface area contributed by atoms with Crippen molar-refractivity contribution in [2.45, 2.75) is 37.3 Å². The van der Waals surface area contributed by atoms with E-state index >= 15 is 0 Å². The number of rotatable bonds is 11. The topological polar surface area (TPSA) is 106 Å². The number of carbonyl (C=O) groups is 2. The van der Waals surface area contributed by atoms with E-state index in [-0.39, 0.29) is 48.7 Å². The third-order valence-corrected chi connectivity index (χ3v) is 8.39. The van der Waals surface area contributed by atoms with E-state index in [9.17, 15) is 22.8 Å². The van der Waals surface area contributed by atoms with E-state index in [0.29, 0.717) is 17.9 Å². The summed E-state index contributed by atoms with van der Waals surface area (Å²) in [6.45, 7) is 1.22. The van der Waals surface area contributed by atoms with E-state index in [1.54, 1.807) is 0 Å². The second-order valence-electron chi connectivity index (χ2n) is 11.0. The van der Waals surface area contributed by atoms with Crippen molar-refractivity contribution >= 4 is 11.8 Å². The smallest absolute Gasteiger partial charge is 0.496 e. The van der Waals surface area contributed by atoms with Crippen LogP contribution in [0.5, 0.6) is 11.5 Å². The summed E-state index contributed by atoms with van der Waals surface area (Å²) in [7, 11) is 1.46. The van der Waals surface area contributed by atoms with Gasteiger partial charge in [0.2, 0.25) is 11.8 Å². The standard InChI is InChI=1S/C32H35F3N4O4/c1-42-26-13-12-23(43-32(33,34)35)16-22(26)17-37-29-24-14-15-39(19-25(24)31(41)38-18-27(36)40)30(29)28(20-8-4-2-5-9-20)21-10-6-3-7-11-21/h2-13,16,24-25,28-30,37H,14-15,17-19H2,1H3,(H2,36,40)(H,38,41)/t24-,25-,29-,30-/m0/s1. The highest BCUT2D eigenvalue weighted by Crippen LogP contribution is 2.44. The van der Waals surface area contributed by atoms with Crippen molar-refractivity contribution in [3.8, 4) is 11.5 Å². The van der Waals surface area contributed by atoms with Crippen LogP contribution in [0.4, 0.5) is 13.2 Å². The van der Waals surface area contributed by atoms with Crippen molar-refractivity contribution in [1.82, 2.24) is 15.5 Å². The summed E-state index contributed by atoms with van der Waals surface area (Å²) in [4.78, 5) is 27.0. The third-order valence-electron chi connectivity index (χ3n) is 8.39. The van der Waals surface area contributed by atoms with Gasteiger partial charge in [-0.2, -0.15) is 0 Å². The number of ether oxygens (including phenoxy) is 2. The molecular formula is C32H35F3N4O4. The molecule has 3 aliphatic heterocycles. The summed E-state index contributed by atoms with van der Waals surface area (Å²) in [6.07, 6.45) is -4.10. The average molecular weight is 597 g/mol. The Morgan fingerprint density at radius 1 is 1.02 bits per heavy atom. The van der Waals surface area contributed by atoms with Gasteiger partial charge >= 0.3 is 6.36 Å². The van der Waals surface area contributed by atoms with Gasteiger partial charge in [0, 0.05) is 36.7 Å². The molecule has 0 radical (unpaired) electrons. The van der Waals surface area contributed by atoms with E-state index in [1.807, 2.05) is 36.4 Å². The number of nitrogens with two attached hydrogens (primary N) is 1. The molecule has 228 valence electrons. The molecule has 0 aliphatic carbocycles. The van der Waals surface area contributed by atoms with Crippen molar-refractivity contribution in [2.75, 3.05) is 26.7 Å². The number of piperidine rings is 3. The quantitative estimate of drug-likeness (QED) is 0.311. The van der Waals surface area contributed by atoms with E-state index < -0.39 is 18.2 Å². The fourth-order valence-corrected chi connectivity index (χ4v) is 6.67. The largest absolute Gasteiger partial charge is 0.573 e. The molecular weight excluding hydrogens is 561 g/mol. The van der Waals surface area contributed by atoms with Crippen LogP contribution < -0.4 is 25.8 Å². The maximum Gasteiger partial charge on any atom is 0.573 e. The number of primary amides is 1. The highest BCUT2D eigenvalue weighted by molar-refractivity contribution is 5.85. The van der Waals surface area contributed by atoms with E-state index in [2.05, 4.69) is 44.5 Å². The second kappa shape index (κ2) is 13.0. The van der Waals surface area contributed by atoms with Gasteiger partial charge in [-0.1, -0.05) is 60.7 Å². The number of fused-ring (bicyclic) bond motifs is 3. The molecule has 5 atom stereocenters. The molecule has 3 aliphatic rings. The van der Waals surface area contributed by atoms with Crippen molar-refractivity contribution in [3.05, 3.63) is 95.6 Å². The SMILES string of the molecule is COc1ccc(OC(F)(F)F)cc1CN[C@H]1[C@H]2CCN(C[C@@H]2C(=O)NCC(N)=O)[C@H]1C(c1ccccc1)c1ccccc1. The molecule has 11 heteroatoms. The summed E-state index contributed by atoms with van der Waals surface area (Å²) in [5.74, 6) is -1.37. The lowest BCUT2D eigenvalue weighted by molar-refractivity contribution is -0.274. The number of nitrogens with one attached hydrogen (secondary N) is 2. The molecule has 3 aromatic rings. The van der Waals surface area contributed by atoms with Crippen molar-refractivity contribution in [2.24, 2.45) is 17.6 Å². The zero-order valence-electron chi connectivity index (χ0n) is 23.7. The fourth-order valence-electron chi connectivity index (χ4n) is 6.67. The lowest BCUT2D eigenvalue weighted by Crippen LogP contribution is -2.69. The van der Waals surface area contributed by atoms with Crippen molar-refractivity contribution < 1.29 is 32.2 Å². The lowest BCUT2D eigenvalue weighted by Gasteiger charge is -2.56. The fraction of sp³-hybridized carbons (Fsp3) is 0.375. The number of carbonyl (C=O) groups excluding carboxylic acids is 2. The summed E-state index contributed by atoms with van der Waals surface area (Å²) in [5.41, 5.74) is 8.01. The summed E-state index contributed by atoms with van der Waals surface area (Å²) >= 11 is 0. The molecule has 2 amide bonds. The summed E-state index contributed by atoms with van der Waals surface area (Å²) in [6, 6.07) is 24.0. The van der Waals surface area contributed by atoms with E-state index in [1.165, 1.54) is 25.3 Å². The Balaban J connectivity index is 1.52. The number of nitrogens with zero attached hydrogens (tertiary/aromatic N) is 1. The molecule has 0 spiro atoms. The first-order chi connectivity index (χ1) is 20.6. The monoisotopic (exact) mass is 596 g/mol. The summed E-state index contributed by atoms with van der Waals surface area (Å²) in [5, 5.41) is 6.30. The van der Waals surface area contributed by atoms with Gasteiger partial charge in [-0.25, -0.2) is 0 Å². The van der Waals surface area contributed by atoms with E-state index in [0.717, 1.165) is 24.1 Å². The molecule has 3 fully saturated rings. The Kier molecular flexibility index (Phi) is 9.22. The molecule has 3 heterocycles. The molecule has 6 rings (SSSR count). The third kappa shape index (κ3) is 7.11. The first-order valence-corrected chi connectivity index (χ1v) is 14.2. The van der Waals surface area contributed by atoms with Crippen molar-refractivity contribution in [3.63, 3.8) is 0 Å². The van der Waals surface area contributed by atoms with Crippen LogP contribution in [0.25, 0.3) is 0 Å². The number of hydrogen-bond acceptors (Lipinski definition) is 6. The molecule has 4 N–H and O–H groups in total. The molecule has 2 bridgehead atoms. The highest BCUT2D eigenvalue weighted by Gasteiger charge is 2.52. The molecule has 0 aromatic heterocycles.